The monoisotopic (exact) mass is 252 g/mol. The van der Waals surface area contributed by atoms with Gasteiger partial charge in [-0.2, -0.15) is 0 Å². The number of ether oxygens (including phenoxy) is 1. The maximum absolute atomic E-state index is 5.58. The van der Waals surface area contributed by atoms with E-state index in [9.17, 15) is 0 Å². The Balaban J connectivity index is -0.000000167. The van der Waals surface area contributed by atoms with Crippen LogP contribution < -0.4 is 24.8 Å². The molecule has 0 spiro atoms. The number of hydrogen-bond acceptors (Lipinski definition) is 1. The Morgan fingerprint density at radius 1 is 0.929 bits per heavy atom. The molecule has 0 aromatic heterocycles. The van der Waals surface area contributed by atoms with Crippen LogP contribution in [0.5, 0.6) is 0 Å². The molecule has 0 atom stereocenters. The van der Waals surface area contributed by atoms with E-state index in [1.54, 1.807) is 0 Å². The average Bonchev–Trinajstić information content (AvgIpc) is 1.85. The third-order valence-corrected chi connectivity index (χ3v) is 1.53. The van der Waals surface area contributed by atoms with Gasteiger partial charge in [0.2, 0.25) is 0 Å². The molecule has 0 aliphatic carbocycles. The SMILES string of the molecule is CCCCCCOC(C)(C)C.[Cl-].[Cl-].[Mg+2]. The van der Waals surface area contributed by atoms with Crippen molar-refractivity contribution < 1.29 is 29.6 Å². The molecule has 0 radical (unpaired) electrons. The summed E-state index contributed by atoms with van der Waals surface area (Å²) in [5.41, 5.74) is 0.0478. The second-order valence-corrected chi connectivity index (χ2v) is 4.02. The summed E-state index contributed by atoms with van der Waals surface area (Å²) in [6.45, 7) is 9.46. The minimum atomic E-state index is 0. The van der Waals surface area contributed by atoms with Crippen molar-refractivity contribution in [2.24, 2.45) is 0 Å². The normalized spacial score (nSPS) is 9.43. The predicted molar refractivity (Wildman–Crippen MR) is 55.6 cm³/mol. The van der Waals surface area contributed by atoms with Gasteiger partial charge in [-0.3, -0.25) is 0 Å². The van der Waals surface area contributed by atoms with E-state index < -0.39 is 0 Å². The smallest absolute Gasteiger partial charge is 1.00 e. The molecule has 0 rings (SSSR count). The van der Waals surface area contributed by atoms with Gasteiger partial charge in [-0.25, -0.2) is 0 Å². The molecular weight excluding hydrogens is 231 g/mol. The Bertz CT molecular complexity index is 94.6. The van der Waals surface area contributed by atoms with Crippen LogP contribution in [0.3, 0.4) is 0 Å². The van der Waals surface area contributed by atoms with Crippen molar-refractivity contribution in [3.8, 4) is 0 Å². The molecule has 14 heavy (non-hydrogen) atoms. The molecule has 0 bridgehead atoms. The van der Waals surface area contributed by atoms with Crippen LogP contribution in [0.2, 0.25) is 0 Å². The van der Waals surface area contributed by atoms with Gasteiger partial charge < -0.3 is 29.6 Å². The maximum Gasteiger partial charge on any atom is 2.00 e. The molecule has 0 aliphatic rings. The van der Waals surface area contributed by atoms with Gasteiger partial charge in [-0.05, 0) is 27.2 Å². The molecule has 0 aliphatic heterocycles. The molecule has 0 saturated carbocycles. The molecule has 0 saturated heterocycles. The molecule has 1 nitrogen and oxygen atoms in total. The van der Waals surface area contributed by atoms with Crippen molar-refractivity contribution in [3.63, 3.8) is 0 Å². The molecule has 0 aromatic rings. The van der Waals surface area contributed by atoms with Crippen molar-refractivity contribution in [1.82, 2.24) is 0 Å². The van der Waals surface area contributed by atoms with Crippen LogP contribution in [-0.2, 0) is 4.74 Å². The first-order valence-electron chi connectivity index (χ1n) is 4.70. The molecule has 0 heterocycles. The summed E-state index contributed by atoms with van der Waals surface area (Å²) >= 11 is 0. The first-order chi connectivity index (χ1) is 5.06. The van der Waals surface area contributed by atoms with Gasteiger partial charge in [-0.1, -0.05) is 26.2 Å². The van der Waals surface area contributed by atoms with Crippen LogP contribution in [0, 0.1) is 0 Å². The second-order valence-electron chi connectivity index (χ2n) is 4.02. The van der Waals surface area contributed by atoms with Crippen LogP contribution in [0.15, 0.2) is 0 Å². The van der Waals surface area contributed by atoms with E-state index in [1.165, 1.54) is 25.7 Å². The van der Waals surface area contributed by atoms with Crippen LogP contribution >= 0.6 is 0 Å². The number of hydrogen-bond donors (Lipinski definition) is 0. The molecule has 0 amide bonds. The van der Waals surface area contributed by atoms with Gasteiger partial charge in [-0.15, -0.1) is 0 Å². The van der Waals surface area contributed by atoms with Crippen molar-refractivity contribution >= 4 is 23.1 Å². The molecule has 0 fully saturated rings. The van der Waals surface area contributed by atoms with Gasteiger partial charge in [0.1, 0.15) is 0 Å². The summed E-state index contributed by atoms with van der Waals surface area (Å²) in [7, 11) is 0. The molecular formula is C10H22Cl2MgO. The second kappa shape index (κ2) is 14.3. The van der Waals surface area contributed by atoms with E-state index in [1.807, 2.05) is 0 Å². The molecule has 0 N–H and O–H groups in total. The average molecular weight is 253 g/mol. The Morgan fingerprint density at radius 3 is 1.79 bits per heavy atom. The summed E-state index contributed by atoms with van der Waals surface area (Å²) in [4.78, 5) is 0. The van der Waals surface area contributed by atoms with Gasteiger partial charge >= 0.3 is 23.1 Å². The zero-order valence-corrected chi connectivity index (χ0v) is 12.8. The first-order valence-corrected chi connectivity index (χ1v) is 4.70. The van der Waals surface area contributed by atoms with Gasteiger partial charge in [0.25, 0.3) is 0 Å². The zero-order chi connectivity index (χ0) is 8.74. The van der Waals surface area contributed by atoms with E-state index in [0.717, 1.165) is 6.61 Å². The predicted octanol–water partition coefficient (Wildman–Crippen LogP) is -2.99. The number of rotatable bonds is 5. The first kappa shape index (κ1) is 24.5. The summed E-state index contributed by atoms with van der Waals surface area (Å²) in [5, 5.41) is 0. The van der Waals surface area contributed by atoms with E-state index in [0.29, 0.717) is 0 Å². The fourth-order valence-electron chi connectivity index (χ4n) is 0.907. The third kappa shape index (κ3) is 23.3. The van der Waals surface area contributed by atoms with E-state index in [2.05, 4.69) is 27.7 Å². The van der Waals surface area contributed by atoms with E-state index >= 15 is 0 Å². The fraction of sp³-hybridized carbons (Fsp3) is 1.00. The third-order valence-electron chi connectivity index (χ3n) is 1.53. The van der Waals surface area contributed by atoms with Crippen LogP contribution in [0.25, 0.3) is 0 Å². The molecule has 0 unspecified atom stereocenters. The van der Waals surface area contributed by atoms with Crippen molar-refractivity contribution in [3.05, 3.63) is 0 Å². The molecule has 4 heteroatoms. The molecule has 0 aromatic carbocycles. The topological polar surface area (TPSA) is 9.23 Å². The zero-order valence-electron chi connectivity index (χ0n) is 9.91. The van der Waals surface area contributed by atoms with Crippen LogP contribution in [0.4, 0.5) is 0 Å². The molecule has 84 valence electrons. The summed E-state index contributed by atoms with van der Waals surface area (Å²) in [6, 6.07) is 0. The van der Waals surface area contributed by atoms with Crippen LogP contribution in [-0.4, -0.2) is 35.3 Å². The van der Waals surface area contributed by atoms with Crippen LogP contribution in [0.1, 0.15) is 53.4 Å². The Morgan fingerprint density at radius 2 is 1.43 bits per heavy atom. The Labute approximate surface area is 118 Å². The Hall–Kier alpha value is 1.31. The standard InChI is InChI=1S/C10H22O.2ClH.Mg/c1-5-6-7-8-9-11-10(2,3)4;;;/h5-9H2,1-4H3;2*1H;/q;;;+2/p-2. The van der Waals surface area contributed by atoms with Gasteiger partial charge in [0, 0.05) is 6.61 Å². The van der Waals surface area contributed by atoms with E-state index in [-0.39, 0.29) is 53.5 Å². The number of halogens is 2. The largest absolute Gasteiger partial charge is 2.00 e. The summed E-state index contributed by atoms with van der Waals surface area (Å²) in [6.07, 6.45) is 5.17. The maximum atomic E-state index is 5.58. The summed E-state index contributed by atoms with van der Waals surface area (Å²) < 4.78 is 5.58. The van der Waals surface area contributed by atoms with E-state index in [4.69, 9.17) is 4.74 Å². The van der Waals surface area contributed by atoms with Crippen molar-refractivity contribution in [1.29, 1.82) is 0 Å². The van der Waals surface area contributed by atoms with Gasteiger partial charge in [0.05, 0.1) is 5.60 Å². The Kier molecular flexibility index (Phi) is 25.0. The minimum absolute atomic E-state index is 0. The fourth-order valence-corrected chi connectivity index (χ4v) is 0.907. The van der Waals surface area contributed by atoms with Crippen molar-refractivity contribution in [2.75, 3.05) is 6.61 Å². The minimum Gasteiger partial charge on any atom is -1.00 e. The number of unbranched alkanes of at least 4 members (excludes halogenated alkanes) is 3. The van der Waals surface area contributed by atoms with Gasteiger partial charge in [0.15, 0.2) is 0 Å². The summed E-state index contributed by atoms with van der Waals surface area (Å²) in [5.74, 6) is 0. The quantitative estimate of drug-likeness (QED) is 0.375. The van der Waals surface area contributed by atoms with Crippen molar-refractivity contribution in [2.45, 2.75) is 59.0 Å².